The Morgan fingerprint density at radius 1 is 1.24 bits per heavy atom. The number of nitrogens with zero attached hydrogens (tertiary/aromatic N) is 4. The van der Waals surface area contributed by atoms with Crippen LogP contribution in [0.2, 0.25) is 0 Å². The van der Waals surface area contributed by atoms with Crippen LogP contribution in [0.5, 0.6) is 0 Å². The van der Waals surface area contributed by atoms with Crippen molar-refractivity contribution in [2.45, 2.75) is 18.6 Å². The van der Waals surface area contributed by atoms with Crippen molar-refractivity contribution in [2.75, 3.05) is 12.8 Å². The molecule has 25 heavy (non-hydrogen) atoms. The van der Waals surface area contributed by atoms with Crippen molar-refractivity contribution in [1.29, 1.82) is 0 Å². The molecule has 3 rings (SSSR count). The van der Waals surface area contributed by atoms with Crippen molar-refractivity contribution in [2.24, 2.45) is 7.05 Å². The van der Waals surface area contributed by atoms with E-state index >= 15 is 0 Å². The Bertz CT molecular complexity index is 841. The number of carbonyl (C=O) groups is 1. The first kappa shape index (κ1) is 17.7. The Hall–Kier alpha value is -2.12. The second kappa shape index (κ2) is 7.84. The molecule has 7 heteroatoms. The molecule has 0 aliphatic heterocycles. The number of hydrogen-bond acceptors (Lipinski definition) is 5. The molecule has 0 saturated heterocycles. The first-order valence-electron chi connectivity index (χ1n) is 7.90. The highest BCUT2D eigenvalue weighted by molar-refractivity contribution is 7.99. The molecule has 5 nitrogen and oxygen atoms in total. The largest absolute Gasteiger partial charge is 0.340 e. The third kappa shape index (κ3) is 4.29. The molecule has 0 aliphatic carbocycles. The molecule has 1 amide bonds. The van der Waals surface area contributed by atoms with Gasteiger partial charge >= 0.3 is 0 Å². The smallest absolute Gasteiger partial charge is 0.233 e. The molecule has 130 valence electrons. The third-order valence-electron chi connectivity index (χ3n) is 3.87. The predicted molar refractivity (Wildman–Crippen MR) is 103 cm³/mol. The maximum atomic E-state index is 12.3. The zero-order chi connectivity index (χ0) is 17.8. The van der Waals surface area contributed by atoms with Crippen LogP contribution in [-0.4, -0.2) is 38.4 Å². The van der Waals surface area contributed by atoms with Crippen molar-refractivity contribution >= 4 is 29.0 Å². The molecule has 0 N–H and O–H groups in total. The van der Waals surface area contributed by atoms with E-state index in [0.29, 0.717) is 12.3 Å². The van der Waals surface area contributed by atoms with Gasteiger partial charge in [0.15, 0.2) is 11.0 Å². The van der Waals surface area contributed by atoms with E-state index in [2.05, 4.69) is 29.3 Å². The van der Waals surface area contributed by atoms with E-state index in [1.807, 2.05) is 48.3 Å². The van der Waals surface area contributed by atoms with E-state index in [9.17, 15) is 4.79 Å². The van der Waals surface area contributed by atoms with Gasteiger partial charge in [-0.1, -0.05) is 47.7 Å². The Kier molecular flexibility index (Phi) is 5.55. The molecule has 0 radical (unpaired) electrons. The summed E-state index contributed by atoms with van der Waals surface area (Å²) in [6.07, 6.45) is 0. The van der Waals surface area contributed by atoms with Crippen LogP contribution in [0.1, 0.15) is 10.4 Å². The van der Waals surface area contributed by atoms with Gasteiger partial charge in [0.25, 0.3) is 0 Å². The van der Waals surface area contributed by atoms with Gasteiger partial charge in [0, 0.05) is 24.5 Å². The van der Waals surface area contributed by atoms with E-state index in [1.165, 1.54) is 22.2 Å². The Morgan fingerprint density at radius 2 is 2.00 bits per heavy atom. The van der Waals surface area contributed by atoms with Crippen molar-refractivity contribution < 1.29 is 4.79 Å². The van der Waals surface area contributed by atoms with Gasteiger partial charge in [-0.05, 0) is 18.4 Å². The molecule has 0 saturated carbocycles. The summed E-state index contributed by atoms with van der Waals surface area (Å²) >= 11 is 3.08. The van der Waals surface area contributed by atoms with Crippen molar-refractivity contribution in [3.63, 3.8) is 0 Å². The normalized spacial score (nSPS) is 10.8. The van der Waals surface area contributed by atoms with Gasteiger partial charge in [-0.3, -0.25) is 4.79 Å². The summed E-state index contributed by atoms with van der Waals surface area (Å²) < 4.78 is 1.93. The molecule has 0 unspecified atom stereocenters. The van der Waals surface area contributed by atoms with Gasteiger partial charge in [0.05, 0.1) is 12.3 Å². The minimum absolute atomic E-state index is 0.0817. The number of aryl methyl sites for hydroxylation is 1. The van der Waals surface area contributed by atoms with Crippen LogP contribution in [0.15, 0.2) is 46.9 Å². The van der Waals surface area contributed by atoms with Crippen LogP contribution in [0.25, 0.3) is 11.4 Å². The molecule has 2 aromatic heterocycles. The number of hydrogen-bond donors (Lipinski definition) is 0. The Balaban J connectivity index is 1.62. The first-order chi connectivity index (χ1) is 12.0. The predicted octanol–water partition coefficient (Wildman–Crippen LogP) is 3.60. The third-order valence-corrected chi connectivity index (χ3v) is 5.73. The number of aromatic nitrogens is 3. The zero-order valence-electron chi connectivity index (χ0n) is 14.5. The molecule has 3 aromatic rings. The molecule has 0 fully saturated rings. The quantitative estimate of drug-likeness (QED) is 0.620. The fourth-order valence-corrected chi connectivity index (χ4v) is 3.96. The van der Waals surface area contributed by atoms with Crippen LogP contribution in [0.3, 0.4) is 0 Å². The van der Waals surface area contributed by atoms with Crippen molar-refractivity contribution in [1.82, 2.24) is 19.7 Å². The standard InChI is InChI=1S/C18H20N4OS2/c1-13-6-8-14(9-7-13)17-19-20-18(22(17)3)25-12-16(23)21(2)11-15-5-4-10-24-15/h4-10H,11-12H2,1-3H3. The topological polar surface area (TPSA) is 51.0 Å². The van der Waals surface area contributed by atoms with Gasteiger partial charge in [-0.15, -0.1) is 21.5 Å². The van der Waals surface area contributed by atoms with E-state index < -0.39 is 0 Å². The number of thiophene rings is 1. The summed E-state index contributed by atoms with van der Waals surface area (Å²) in [7, 11) is 3.76. The molecular formula is C18H20N4OS2. The second-order valence-corrected chi connectivity index (χ2v) is 7.82. The van der Waals surface area contributed by atoms with Crippen molar-refractivity contribution in [3.8, 4) is 11.4 Å². The van der Waals surface area contributed by atoms with E-state index in [1.54, 1.807) is 16.2 Å². The van der Waals surface area contributed by atoms with Gasteiger partial charge in [0.1, 0.15) is 0 Å². The number of rotatable bonds is 6. The Morgan fingerprint density at radius 3 is 2.68 bits per heavy atom. The number of benzene rings is 1. The fourth-order valence-electron chi connectivity index (χ4n) is 2.36. The summed E-state index contributed by atoms with van der Waals surface area (Å²) in [5.41, 5.74) is 2.23. The maximum absolute atomic E-state index is 12.3. The lowest BCUT2D eigenvalue weighted by Gasteiger charge is -2.15. The van der Waals surface area contributed by atoms with E-state index in [0.717, 1.165) is 16.5 Å². The van der Waals surface area contributed by atoms with Gasteiger partial charge in [-0.2, -0.15) is 0 Å². The first-order valence-corrected chi connectivity index (χ1v) is 9.76. The monoisotopic (exact) mass is 372 g/mol. The fraction of sp³-hybridized carbons (Fsp3) is 0.278. The van der Waals surface area contributed by atoms with Crippen LogP contribution >= 0.6 is 23.1 Å². The van der Waals surface area contributed by atoms with Crippen LogP contribution in [0, 0.1) is 6.92 Å². The average molecular weight is 373 g/mol. The SMILES string of the molecule is Cc1ccc(-c2nnc(SCC(=O)N(C)Cc3cccs3)n2C)cc1. The molecule has 2 heterocycles. The summed E-state index contributed by atoms with van der Waals surface area (Å²) in [5.74, 6) is 1.24. The van der Waals surface area contributed by atoms with Crippen LogP contribution < -0.4 is 0 Å². The number of carbonyl (C=O) groups excluding carboxylic acids is 1. The second-order valence-electron chi connectivity index (χ2n) is 5.85. The van der Waals surface area contributed by atoms with E-state index in [-0.39, 0.29) is 5.91 Å². The zero-order valence-corrected chi connectivity index (χ0v) is 16.1. The summed E-state index contributed by atoms with van der Waals surface area (Å²) in [6, 6.07) is 12.2. The summed E-state index contributed by atoms with van der Waals surface area (Å²) in [5, 5.41) is 11.3. The van der Waals surface area contributed by atoms with Gasteiger partial charge in [-0.25, -0.2) is 0 Å². The molecule has 1 aromatic carbocycles. The summed E-state index contributed by atoms with van der Waals surface area (Å²) in [4.78, 5) is 15.2. The highest BCUT2D eigenvalue weighted by Gasteiger charge is 2.15. The molecular weight excluding hydrogens is 352 g/mol. The average Bonchev–Trinajstić information content (AvgIpc) is 3.23. The van der Waals surface area contributed by atoms with Crippen LogP contribution in [0.4, 0.5) is 0 Å². The number of amides is 1. The van der Waals surface area contributed by atoms with Gasteiger partial charge < -0.3 is 9.47 Å². The highest BCUT2D eigenvalue weighted by Crippen LogP contribution is 2.23. The van der Waals surface area contributed by atoms with Crippen LogP contribution in [-0.2, 0) is 18.4 Å². The minimum Gasteiger partial charge on any atom is -0.340 e. The lowest BCUT2D eigenvalue weighted by atomic mass is 10.1. The number of thioether (sulfide) groups is 1. The minimum atomic E-state index is 0.0817. The highest BCUT2D eigenvalue weighted by atomic mass is 32.2. The van der Waals surface area contributed by atoms with E-state index in [4.69, 9.17) is 0 Å². The molecule has 0 bridgehead atoms. The lowest BCUT2D eigenvalue weighted by molar-refractivity contribution is -0.127. The maximum Gasteiger partial charge on any atom is 0.233 e. The van der Waals surface area contributed by atoms with Gasteiger partial charge in [0.2, 0.25) is 5.91 Å². The summed E-state index contributed by atoms with van der Waals surface area (Å²) in [6.45, 7) is 2.70. The van der Waals surface area contributed by atoms with Crippen molar-refractivity contribution in [3.05, 3.63) is 52.2 Å². The lowest BCUT2D eigenvalue weighted by Crippen LogP contribution is -2.27. The molecule has 0 aliphatic rings. The molecule has 0 atom stereocenters. The Labute approximate surface area is 155 Å². The molecule has 0 spiro atoms.